The van der Waals surface area contributed by atoms with Crippen LogP contribution in [0.3, 0.4) is 0 Å². The molecule has 49 heavy (non-hydrogen) atoms. The molecule has 0 aliphatic rings. The molecule has 8 N–H and O–H groups in total. The van der Waals surface area contributed by atoms with Crippen LogP contribution in [0.1, 0.15) is 137 Å². The second-order valence-corrected chi connectivity index (χ2v) is 14.6. The normalized spacial score (nSPS) is 11.1. The van der Waals surface area contributed by atoms with Gasteiger partial charge in [-0.3, -0.25) is 19.2 Å². The van der Waals surface area contributed by atoms with Crippen LogP contribution in [0.2, 0.25) is 0 Å². The SMILES string of the molecule is CC.CC.CC(C)(C)C(C)(C)C.CC(C)(C)C(C)(C)N.CC(C)(C)N.CN.O=C(CC(=O)C(F)(F)F)NS.O=C(CC(=O)C(F)(F)F)NS. The number of carbonyl (C=O) groups excluding carboxylic acids is 4. The first-order valence-corrected chi connectivity index (χ1v) is 16.4. The number of carbonyl (C=O) groups is 4. The molecule has 0 saturated heterocycles. The minimum absolute atomic E-state index is 0. The lowest BCUT2D eigenvalue weighted by Crippen LogP contribution is -2.45. The predicted octanol–water partition coefficient (Wildman–Crippen LogP) is 8.16. The van der Waals surface area contributed by atoms with E-state index in [1.165, 1.54) is 7.05 Å². The lowest BCUT2D eigenvalue weighted by Gasteiger charge is -2.34. The molecule has 0 aliphatic carbocycles. The molecule has 0 saturated carbocycles. The van der Waals surface area contributed by atoms with Gasteiger partial charge in [0, 0.05) is 11.1 Å². The average Bonchev–Trinajstić information content (AvgIpc) is 2.88. The fourth-order valence-electron chi connectivity index (χ4n) is 0.571. The molecule has 0 aromatic heterocycles. The topological polar surface area (TPSA) is 170 Å². The van der Waals surface area contributed by atoms with Crippen molar-refractivity contribution in [1.82, 2.24) is 9.44 Å². The fourth-order valence-corrected chi connectivity index (χ4v) is 0.729. The number of thiol groups is 2. The van der Waals surface area contributed by atoms with Crippen molar-refractivity contribution in [2.24, 2.45) is 33.4 Å². The molecule has 302 valence electrons. The van der Waals surface area contributed by atoms with E-state index in [1.54, 1.807) is 9.44 Å². The van der Waals surface area contributed by atoms with Gasteiger partial charge in [0.15, 0.2) is 0 Å². The van der Waals surface area contributed by atoms with Gasteiger partial charge in [-0.25, -0.2) is 0 Å². The second kappa shape index (κ2) is 30.1. The van der Waals surface area contributed by atoms with Crippen molar-refractivity contribution in [1.29, 1.82) is 0 Å². The minimum Gasteiger partial charge on any atom is -0.333 e. The number of halogens is 6. The summed E-state index contributed by atoms with van der Waals surface area (Å²) in [6, 6.07) is 0. The van der Waals surface area contributed by atoms with E-state index in [0.29, 0.717) is 10.8 Å². The number of amides is 2. The van der Waals surface area contributed by atoms with Crippen LogP contribution in [0.25, 0.3) is 0 Å². The van der Waals surface area contributed by atoms with E-state index < -0.39 is 48.6 Å². The van der Waals surface area contributed by atoms with Crippen LogP contribution in [0.4, 0.5) is 26.3 Å². The number of ketones is 2. The summed E-state index contributed by atoms with van der Waals surface area (Å²) in [6.45, 7) is 38.1. The Balaban J connectivity index is -0.0000000699. The largest absolute Gasteiger partial charge is 0.450 e. The molecule has 0 fully saturated rings. The molecular formula is C32H71F6N5O4S2. The summed E-state index contributed by atoms with van der Waals surface area (Å²) < 4.78 is 71.6. The minimum atomic E-state index is -4.94. The van der Waals surface area contributed by atoms with Gasteiger partial charge in [0.1, 0.15) is 0 Å². The molecule has 2 amide bonds. The molecule has 0 atom stereocenters. The maximum absolute atomic E-state index is 11.4. The number of alkyl halides is 6. The Morgan fingerprint density at radius 1 is 0.490 bits per heavy atom. The van der Waals surface area contributed by atoms with E-state index >= 15 is 0 Å². The van der Waals surface area contributed by atoms with Crippen LogP contribution in [0.15, 0.2) is 0 Å². The summed E-state index contributed by atoms with van der Waals surface area (Å²) in [5, 5.41) is 0. The highest BCUT2D eigenvalue weighted by Gasteiger charge is 2.39. The first-order valence-electron chi connectivity index (χ1n) is 15.5. The van der Waals surface area contributed by atoms with Crippen molar-refractivity contribution in [2.75, 3.05) is 7.05 Å². The zero-order valence-electron chi connectivity index (χ0n) is 33.4. The van der Waals surface area contributed by atoms with Gasteiger partial charge < -0.3 is 26.6 Å². The molecule has 0 bridgehead atoms. The summed E-state index contributed by atoms with van der Waals surface area (Å²) in [6.07, 6.45) is -12.3. The van der Waals surface area contributed by atoms with Gasteiger partial charge in [-0.2, -0.15) is 26.3 Å². The number of nitrogens with two attached hydrogens (primary N) is 3. The smallest absolute Gasteiger partial charge is 0.333 e. The third-order valence-electron chi connectivity index (χ3n) is 5.71. The molecule has 0 rings (SSSR count). The molecule has 0 heterocycles. The van der Waals surface area contributed by atoms with Crippen LogP contribution in [0.5, 0.6) is 0 Å². The summed E-state index contributed by atoms with van der Waals surface area (Å²) in [5.74, 6) is -6.31. The maximum atomic E-state index is 11.4. The molecule has 9 nitrogen and oxygen atoms in total. The third kappa shape index (κ3) is 56.1. The van der Waals surface area contributed by atoms with Crippen molar-refractivity contribution in [3.8, 4) is 0 Å². The van der Waals surface area contributed by atoms with Gasteiger partial charge in [0.25, 0.3) is 0 Å². The van der Waals surface area contributed by atoms with Crippen LogP contribution < -0.4 is 26.6 Å². The Morgan fingerprint density at radius 3 is 0.694 bits per heavy atom. The van der Waals surface area contributed by atoms with Gasteiger partial charge in [-0.05, 0) is 57.9 Å². The van der Waals surface area contributed by atoms with Crippen LogP contribution in [0, 0.1) is 16.2 Å². The van der Waals surface area contributed by atoms with E-state index in [0.717, 1.165) is 0 Å². The summed E-state index contributed by atoms with van der Waals surface area (Å²) in [7, 11) is 1.50. The first-order chi connectivity index (χ1) is 21.3. The lowest BCUT2D eigenvalue weighted by atomic mass is 9.71. The monoisotopic (exact) mass is 767 g/mol. The summed E-state index contributed by atoms with van der Waals surface area (Å²) >= 11 is 6.33. The van der Waals surface area contributed by atoms with Gasteiger partial charge >= 0.3 is 12.4 Å². The average molecular weight is 768 g/mol. The van der Waals surface area contributed by atoms with Gasteiger partial charge in [-0.1, -0.05) is 116 Å². The van der Waals surface area contributed by atoms with Crippen molar-refractivity contribution in [2.45, 2.75) is 161 Å². The van der Waals surface area contributed by atoms with E-state index in [9.17, 15) is 45.5 Å². The molecule has 0 radical (unpaired) electrons. The van der Waals surface area contributed by atoms with Crippen molar-refractivity contribution in [3.63, 3.8) is 0 Å². The zero-order chi connectivity index (χ0) is 42.6. The fraction of sp³-hybridized carbons (Fsp3) is 0.875. The van der Waals surface area contributed by atoms with E-state index in [2.05, 4.69) is 93.7 Å². The van der Waals surface area contributed by atoms with Gasteiger partial charge in [-0.15, -0.1) is 0 Å². The van der Waals surface area contributed by atoms with Gasteiger partial charge in [0.2, 0.25) is 23.4 Å². The Labute approximate surface area is 304 Å². The quantitative estimate of drug-likeness (QED) is 0.0860. The zero-order valence-corrected chi connectivity index (χ0v) is 35.2. The first kappa shape index (κ1) is 65.8. The Bertz CT molecular complexity index is 760. The van der Waals surface area contributed by atoms with E-state index in [-0.39, 0.29) is 16.5 Å². The number of nitrogens with one attached hydrogen (secondary N) is 2. The number of hydrogen-bond acceptors (Lipinski definition) is 9. The Morgan fingerprint density at radius 2 is 0.633 bits per heavy atom. The van der Waals surface area contributed by atoms with Crippen molar-refractivity contribution >= 4 is 49.0 Å². The second-order valence-electron chi connectivity index (χ2n) is 14.1. The molecular weight excluding hydrogens is 697 g/mol. The Kier molecular flexibility index (Phi) is 40.4. The van der Waals surface area contributed by atoms with Crippen molar-refractivity contribution < 1.29 is 45.5 Å². The Hall–Kier alpha value is -1.56. The molecule has 0 unspecified atom stereocenters. The van der Waals surface area contributed by atoms with Crippen LogP contribution in [-0.2, 0) is 19.2 Å². The van der Waals surface area contributed by atoms with E-state index in [1.807, 2.05) is 62.3 Å². The highest BCUT2D eigenvalue weighted by atomic mass is 32.1. The van der Waals surface area contributed by atoms with Crippen molar-refractivity contribution in [3.05, 3.63) is 0 Å². The molecule has 0 spiro atoms. The standard InChI is InChI=1S/C8H18.C7H17N.2C4H4F3NO2S.C4H11N.2C2H6.CH5N/c1-7(2,3)8(4,5)6;1-6(2,3)7(4,5)8;2*5-4(6,7)2(9)1-3(10)8-11;1-4(2,3)5;3*1-2/h1-6H3;8H2,1-5H3;2*11H,1H2,(H,8,10);5H2,1-3H3;2*1-2H3;2H2,1H3. The van der Waals surface area contributed by atoms with Gasteiger partial charge in [0.05, 0.1) is 12.8 Å². The lowest BCUT2D eigenvalue weighted by molar-refractivity contribution is -0.172. The summed E-state index contributed by atoms with van der Waals surface area (Å²) in [4.78, 5) is 40.3. The third-order valence-corrected chi connectivity index (χ3v) is 6.21. The van der Waals surface area contributed by atoms with Crippen LogP contribution >= 0.6 is 25.6 Å². The maximum Gasteiger partial charge on any atom is 0.450 e. The highest BCUT2D eigenvalue weighted by Crippen LogP contribution is 2.36. The number of rotatable bonds is 4. The molecule has 0 aliphatic heterocycles. The van der Waals surface area contributed by atoms with E-state index in [4.69, 9.17) is 11.5 Å². The molecule has 17 heteroatoms. The highest BCUT2D eigenvalue weighted by molar-refractivity contribution is 7.78. The summed E-state index contributed by atoms with van der Waals surface area (Å²) in [5.41, 5.74) is 16.7. The molecule has 0 aromatic rings. The predicted molar refractivity (Wildman–Crippen MR) is 199 cm³/mol. The molecule has 0 aromatic carbocycles. The van der Waals surface area contributed by atoms with Crippen LogP contribution in [-0.4, -0.2) is 53.9 Å². The number of hydrogen-bond donors (Lipinski definition) is 7. The number of Topliss-reactive ketones (excluding diaryl/α,β-unsaturated/α-hetero) is 2.